The zero-order valence-corrected chi connectivity index (χ0v) is 22.1. The highest BCUT2D eigenvalue weighted by atomic mass is 35.5. The Hall–Kier alpha value is -3.86. The molecule has 188 valence electrons. The van der Waals surface area contributed by atoms with Crippen molar-refractivity contribution in [2.45, 2.75) is 25.4 Å². The van der Waals surface area contributed by atoms with Gasteiger partial charge in [0.25, 0.3) is 0 Å². The highest BCUT2D eigenvalue weighted by molar-refractivity contribution is 7.80. The molecular formula is C29H28ClN5OS. The number of aromatic nitrogens is 2. The van der Waals surface area contributed by atoms with E-state index in [9.17, 15) is 0 Å². The first-order valence-electron chi connectivity index (χ1n) is 11.9. The monoisotopic (exact) mass is 529 g/mol. The Labute approximate surface area is 227 Å². The lowest BCUT2D eigenvalue weighted by Gasteiger charge is -2.34. The molecule has 6 nitrogen and oxygen atoms in total. The van der Waals surface area contributed by atoms with Crippen molar-refractivity contribution in [1.82, 2.24) is 9.55 Å². The van der Waals surface area contributed by atoms with Crippen LogP contribution in [0.3, 0.4) is 0 Å². The number of rotatable bonds is 11. The maximum absolute atomic E-state index is 9.04. The molecule has 1 atom stereocenters. The third-order valence-corrected chi connectivity index (χ3v) is 6.67. The molecule has 0 radical (unpaired) electrons. The van der Waals surface area contributed by atoms with E-state index in [1.54, 1.807) is 7.11 Å². The molecular weight excluding hydrogens is 502 g/mol. The summed E-state index contributed by atoms with van der Waals surface area (Å²) in [6.07, 6.45) is 5.43. The van der Waals surface area contributed by atoms with Crippen LogP contribution in [0, 0.1) is 11.3 Å². The summed E-state index contributed by atoms with van der Waals surface area (Å²) in [7, 11) is 1.65. The molecule has 0 saturated heterocycles. The normalized spacial score (nSPS) is 11.5. The van der Waals surface area contributed by atoms with Crippen molar-refractivity contribution in [1.29, 1.82) is 5.26 Å². The quantitative estimate of drug-likeness (QED) is 0.242. The number of hydrogen-bond acceptors (Lipinski definition) is 5. The summed E-state index contributed by atoms with van der Waals surface area (Å²) in [5.74, 6) is 0.782. The number of nitrogens with zero attached hydrogens (tertiary/aromatic N) is 4. The Balaban J connectivity index is 1.54. The van der Waals surface area contributed by atoms with E-state index in [2.05, 4.69) is 20.5 Å². The molecule has 0 amide bonds. The van der Waals surface area contributed by atoms with Gasteiger partial charge in [-0.3, -0.25) is 0 Å². The average Bonchev–Trinajstić information content (AvgIpc) is 3.35. The predicted molar refractivity (Wildman–Crippen MR) is 152 cm³/mol. The summed E-state index contributed by atoms with van der Waals surface area (Å²) in [6, 6.07) is 25.0. The van der Waals surface area contributed by atoms with Gasteiger partial charge in [-0.1, -0.05) is 48.1 Å². The third-order valence-electron chi connectivity index (χ3n) is 6.22. The minimum Gasteiger partial charge on any atom is -0.497 e. The molecule has 0 aliphatic carbocycles. The molecule has 4 aromatic rings. The van der Waals surface area contributed by atoms with E-state index in [4.69, 9.17) is 39.6 Å². The molecule has 37 heavy (non-hydrogen) atoms. The first-order valence-corrected chi connectivity index (χ1v) is 12.7. The molecule has 1 unspecified atom stereocenters. The molecule has 0 spiro atoms. The topological polar surface area (TPSA) is 80.1 Å². The van der Waals surface area contributed by atoms with Gasteiger partial charge in [0.15, 0.2) is 0 Å². The number of nitrogens with two attached hydrogens (primary N) is 1. The van der Waals surface area contributed by atoms with Crippen LogP contribution >= 0.6 is 23.8 Å². The molecule has 0 bridgehead atoms. The molecule has 0 saturated carbocycles. The van der Waals surface area contributed by atoms with Crippen molar-refractivity contribution >= 4 is 34.5 Å². The number of ether oxygens (including phenoxy) is 1. The smallest absolute Gasteiger partial charge is 0.119 e. The van der Waals surface area contributed by atoms with E-state index >= 15 is 0 Å². The fraction of sp³-hybridized carbons (Fsp3) is 0.207. The highest BCUT2D eigenvalue weighted by Crippen LogP contribution is 2.31. The Morgan fingerprint density at radius 3 is 2.57 bits per heavy atom. The summed E-state index contributed by atoms with van der Waals surface area (Å²) in [5.41, 5.74) is 11.1. The predicted octanol–water partition coefficient (Wildman–Crippen LogP) is 5.93. The zero-order chi connectivity index (χ0) is 26.2. The van der Waals surface area contributed by atoms with Crippen LogP contribution in [0.15, 0.2) is 85.3 Å². The zero-order valence-electron chi connectivity index (χ0n) is 20.5. The molecule has 0 fully saturated rings. The lowest BCUT2D eigenvalue weighted by molar-refractivity contribution is 0.415. The fourth-order valence-electron chi connectivity index (χ4n) is 4.37. The summed E-state index contributed by atoms with van der Waals surface area (Å²) < 4.78 is 7.49. The number of nitriles is 1. The van der Waals surface area contributed by atoms with E-state index in [1.807, 2.05) is 85.3 Å². The van der Waals surface area contributed by atoms with Crippen LogP contribution in [0.4, 0.5) is 5.69 Å². The second-order valence-corrected chi connectivity index (χ2v) is 9.58. The van der Waals surface area contributed by atoms with Gasteiger partial charge < -0.3 is 19.9 Å². The van der Waals surface area contributed by atoms with Gasteiger partial charge in [0.2, 0.25) is 0 Å². The summed E-state index contributed by atoms with van der Waals surface area (Å²) in [6.45, 7) is 1.41. The third kappa shape index (κ3) is 6.67. The van der Waals surface area contributed by atoms with E-state index < -0.39 is 0 Å². The number of hydrogen-bond donors (Lipinski definition) is 1. The van der Waals surface area contributed by atoms with Crippen molar-refractivity contribution in [3.63, 3.8) is 0 Å². The maximum Gasteiger partial charge on any atom is 0.119 e. The SMILES string of the molecule is COc1ccc(N(CCCc2cncn2Cc2ccc(C#N)cc2)C(C(N)=S)c2cccc(Cl)c2)cc1. The molecule has 3 aromatic carbocycles. The Kier molecular flexibility index (Phi) is 8.78. The van der Waals surface area contributed by atoms with Gasteiger partial charge in [0.1, 0.15) is 16.8 Å². The number of aryl methyl sites for hydroxylation is 1. The fourth-order valence-corrected chi connectivity index (χ4v) is 4.83. The standard InChI is InChI=1S/C29H28ClN5OS/c1-36-27-13-11-25(12-14-27)35(28(29(32)37)23-4-2-5-24(30)16-23)15-3-6-26-18-33-20-34(26)19-22-9-7-21(17-31)8-10-22/h2,4-5,7-14,16,18,20,28H,3,6,15,19H2,1H3,(H2,32,37). The van der Waals surface area contributed by atoms with Crippen LogP contribution < -0.4 is 15.4 Å². The maximum atomic E-state index is 9.04. The second-order valence-electron chi connectivity index (χ2n) is 8.68. The van der Waals surface area contributed by atoms with Crippen LogP contribution in [-0.4, -0.2) is 28.2 Å². The van der Waals surface area contributed by atoms with Gasteiger partial charge in [-0.05, 0) is 72.5 Å². The largest absolute Gasteiger partial charge is 0.497 e. The first kappa shape index (κ1) is 26.2. The second kappa shape index (κ2) is 12.4. The van der Waals surface area contributed by atoms with Crippen LogP contribution in [0.5, 0.6) is 5.75 Å². The van der Waals surface area contributed by atoms with E-state index in [0.717, 1.165) is 41.1 Å². The van der Waals surface area contributed by atoms with Gasteiger partial charge in [0, 0.05) is 35.7 Å². The number of thiocarbonyl (C=S) groups is 1. The molecule has 2 N–H and O–H groups in total. The van der Waals surface area contributed by atoms with Gasteiger partial charge >= 0.3 is 0 Å². The summed E-state index contributed by atoms with van der Waals surface area (Å²) in [4.78, 5) is 6.97. The average molecular weight is 530 g/mol. The Morgan fingerprint density at radius 1 is 1.16 bits per heavy atom. The van der Waals surface area contributed by atoms with Crippen molar-refractivity contribution < 1.29 is 4.74 Å². The lowest BCUT2D eigenvalue weighted by atomic mass is 10.0. The van der Waals surface area contributed by atoms with Crippen LogP contribution in [0.1, 0.15) is 34.8 Å². The van der Waals surface area contributed by atoms with E-state index in [-0.39, 0.29) is 6.04 Å². The van der Waals surface area contributed by atoms with Gasteiger partial charge in [0.05, 0.1) is 25.1 Å². The Morgan fingerprint density at radius 2 is 1.92 bits per heavy atom. The van der Waals surface area contributed by atoms with Gasteiger partial charge in [-0.25, -0.2) is 4.98 Å². The highest BCUT2D eigenvalue weighted by Gasteiger charge is 2.24. The minimum atomic E-state index is -0.314. The van der Waals surface area contributed by atoms with Crippen molar-refractivity contribution in [3.8, 4) is 11.8 Å². The molecule has 1 aromatic heterocycles. The lowest BCUT2D eigenvalue weighted by Crippen LogP contribution is -2.38. The molecule has 4 rings (SSSR count). The number of halogens is 1. The van der Waals surface area contributed by atoms with Crippen molar-refractivity contribution in [2.75, 3.05) is 18.6 Å². The van der Waals surface area contributed by atoms with E-state index in [1.165, 1.54) is 0 Å². The molecule has 1 heterocycles. The van der Waals surface area contributed by atoms with Gasteiger partial charge in [-0.15, -0.1) is 0 Å². The Bertz CT molecular complexity index is 1380. The molecule has 0 aliphatic heterocycles. The summed E-state index contributed by atoms with van der Waals surface area (Å²) in [5, 5.41) is 9.68. The minimum absolute atomic E-state index is 0.314. The van der Waals surface area contributed by atoms with Crippen molar-refractivity contribution in [2.24, 2.45) is 5.73 Å². The van der Waals surface area contributed by atoms with Crippen molar-refractivity contribution in [3.05, 3.63) is 113 Å². The van der Waals surface area contributed by atoms with Gasteiger partial charge in [-0.2, -0.15) is 5.26 Å². The molecule has 8 heteroatoms. The number of imidazole rings is 1. The first-order chi connectivity index (χ1) is 18.0. The van der Waals surface area contributed by atoms with Crippen LogP contribution in [0.2, 0.25) is 5.02 Å². The number of benzene rings is 3. The number of anilines is 1. The molecule has 0 aliphatic rings. The summed E-state index contributed by atoms with van der Waals surface area (Å²) >= 11 is 11.9. The van der Waals surface area contributed by atoms with Crippen LogP contribution in [-0.2, 0) is 13.0 Å². The van der Waals surface area contributed by atoms with Crippen LogP contribution in [0.25, 0.3) is 0 Å². The van der Waals surface area contributed by atoms with E-state index in [0.29, 0.717) is 28.7 Å². The number of methoxy groups -OCH3 is 1.